The summed E-state index contributed by atoms with van der Waals surface area (Å²) in [5.41, 5.74) is 0. The Morgan fingerprint density at radius 2 is 1.90 bits per heavy atom. The number of hydrogen-bond acceptors (Lipinski definition) is 4. The summed E-state index contributed by atoms with van der Waals surface area (Å²) in [4.78, 5) is 36.8. The minimum atomic E-state index is -0.622. The molecule has 1 rings (SSSR count). The largest absolute Gasteiger partial charge is 0.453 e. The highest BCUT2D eigenvalue weighted by atomic mass is 16.5. The zero-order valence-electron chi connectivity index (χ0n) is 13.9. The van der Waals surface area contributed by atoms with Crippen LogP contribution in [0.15, 0.2) is 0 Å². The van der Waals surface area contributed by atoms with Crippen molar-refractivity contribution in [1.29, 1.82) is 0 Å². The molecule has 1 aliphatic heterocycles. The van der Waals surface area contributed by atoms with Crippen LogP contribution in [0.2, 0.25) is 0 Å². The van der Waals surface area contributed by atoms with Crippen molar-refractivity contribution in [3.63, 3.8) is 0 Å². The number of methoxy groups -OCH3 is 1. The Morgan fingerprint density at radius 3 is 2.33 bits per heavy atom. The van der Waals surface area contributed by atoms with Crippen LogP contribution >= 0.6 is 0 Å². The van der Waals surface area contributed by atoms with E-state index in [0.717, 1.165) is 0 Å². The number of carbonyl (C=O) groups is 3. The molecule has 0 radical (unpaired) electrons. The molecule has 0 aromatic rings. The predicted molar refractivity (Wildman–Crippen MR) is 80.9 cm³/mol. The summed E-state index contributed by atoms with van der Waals surface area (Å²) in [6, 6.07) is -0.738. The fourth-order valence-corrected chi connectivity index (χ4v) is 2.21. The number of nitrogens with one attached hydrogen (secondary N) is 1. The van der Waals surface area contributed by atoms with Crippen molar-refractivity contribution in [2.45, 2.75) is 59.5 Å². The van der Waals surface area contributed by atoms with Crippen molar-refractivity contribution >= 4 is 17.8 Å². The average Bonchev–Trinajstić information content (AvgIpc) is 2.45. The Labute approximate surface area is 127 Å². The maximum absolute atomic E-state index is 12.5. The Morgan fingerprint density at radius 1 is 1.33 bits per heavy atom. The normalized spacial score (nSPS) is 19.5. The third-order valence-corrected chi connectivity index (χ3v) is 3.36. The lowest BCUT2D eigenvalue weighted by Crippen LogP contribution is -2.55. The fraction of sp³-hybridized carbons (Fsp3) is 0.800. The summed E-state index contributed by atoms with van der Waals surface area (Å²) in [6.07, 6.45) is 0.154. The van der Waals surface area contributed by atoms with Gasteiger partial charge in [0.25, 0.3) is 0 Å². The van der Waals surface area contributed by atoms with E-state index < -0.39 is 12.1 Å². The molecule has 0 aromatic carbocycles. The first kappa shape index (κ1) is 19.4. The number of piperidine rings is 1. The van der Waals surface area contributed by atoms with Gasteiger partial charge in [-0.2, -0.15) is 0 Å². The number of Topliss-reactive ketones (excluding diaryl/α,β-unsaturated/α-hetero) is 1. The zero-order valence-corrected chi connectivity index (χ0v) is 13.9. The monoisotopic (exact) mass is 300 g/mol. The molecule has 2 atom stereocenters. The Hall–Kier alpha value is -1.59. The van der Waals surface area contributed by atoms with E-state index in [1.165, 1.54) is 7.11 Å². The van der Waals surface area contributed by atoms with Gasteiger partial charge in [-0.25, -0.2) is 4.79 Å². The maximum Gasteiger partial charge on any atom is 0.407 e. The first-order valence-corrected chi connectivity index (χ1v) is 7.53. The first-order valence-electron chi connectivity index (χ1n) is 7.53. The number of nitrogens with zero attached hydrogens (tertiary/aromatic N) is 1. The fourth-order valence-electron chi connectivity index (χ4n) is 2.21. The second kappa shape index (κ2) is 9.37. The lowest BCUT2D eigenvalue weighted by molar-refractivity contribution is -0.140. The van der Waals surface area contributed by atoms with Crippen LogP contribution in [0.4, 0.5) is 4.79 Å². The van der Waals surface area contributed by atoms with E-state index in [4.69, 9.17) is 0 Å². The Kier molecular flexibility index (Phi) is 8.66. The molecule has 0 aromatic heterocycles. The number of alkyl carbamates (subject to hydrolysis) is 1. The highest BCUT2D eigenvalue weighted by Crippen LogP contribution is 2.17. The van der Waals surface area contributed by atoms with Gasteiger partial charge in [0, 0.05) is 25.4 Å². The molecule has 0 aliphatic carbocycles. The maximum atomic E-state index is 12.5. The number of likely N-dealkylation sites (tertiary alicyclic amines) is 1. The second-order valence-electron chi connectivity index (χ2n) is 5.23. The van der Waals surface area contributed by atoms with Crippen LogP contribution in [-0.4, -0.2) is 48.4 Å². The summed E-state index contributed by atoms with van der Waals surface area (Å²) in [6.45, 7) is 9.99. The molecular weight excluding hydrogens is 272 g/mol. The molecule has 1 unspecified atom stereocenters. The van der Waals surface area contributed by atoms with E-state index in [-0.39, 0.29) is 23.7 Å². The quantitative estimate of drug-likeness (QED) is 0.864. The van der Waals surface area contributed by atoms with Gasteiger partial charge in [0.1, 0.15) is 11.8 Å². The van der Waals surface area contributed by atoms with E-state index in [2.05, 4.69) is 10.1 Å². The highest BCUT2D eigenvalue weighted by Gasteiger charge is 2.34. The third kappa shape index (κ3) is 5.73. The minimum Gasteiger partial charge on any atom is -0.453 e. The molecule has 1 aliphatic rings. The molecule has 2 amide bonds. The summed E-state index contributed by atoms with van der Waals surface area (Å²) >= 11 is 0. The zero-order chi connectivity index (χ0) is 16.6. The Bertz CT molecular complexity index is 369. The number of ketones is 1. The van der Waals surface area contributed by atoms with Crippen molar-refractivity contribution in [1.82, 2.24) is 10.2 Å². The number of amides is 2. The molecular formula is C15H28N2O4. The summed E-state index contributed by atoms with van der Waals surface area (Å²) < 4.78 is 4.54. The lowest BCUT2D eigenvalue weighted by atomic mass is 9.97. The molecule has 1 fully saturated rings. The first-order chi connectivity index (χ1) is 9.86. The summed E-state index contributed by atoms with van der Waals surface area (Å²) in [5.74, 6) is -0.0181. The molecule has 6 nitrogen and oxygen atoms in total. The van der Waals surface area contributed by atoms with E-state index in [0.29, 0.717) is 19.4 Å². The van der Waals surface area contributed by atoms with Gasteiger partial charge in [-0.15, -0.1) is 0 Å². The van der Waals surface area contributed by atoms with Gasteiger partial charge in [0.15, 0.2) is 0 Å². The molecule has 6 heteroatoms. The van der Waals surface area contributed by atoms with Crippen LogP contribution in [0.25, 0.3) is 0 Å². The van der Waals surface area contributed by atoms with Crippen LogP contribution < -0.4 is 5.32 Å². The van der Waals surface area contributed by atoms with Crippen molar-refractivity contribution in [3.8, 4) is 0 Å². The van der Waals surface area contributed by atoms with E-state index in [1.54, 1.807) is 4.90 Å². The van der Waals surface area contributed by atoms with E-state index in [1.807, 2.05) is 34.6 Å². The molecule has 1 heterocycles. The van der Waals surface area contributed by atoms with Gasteiger partial charge >= 0.3 is 6.09 Å². The molecule has 0 spiro atoms. The van der Waals surface area contributed by atoms with E-state index >= 15 is 0 Å². The van der Waals surface area contributed by atoms with Crippen LogP contribution in [0.5, 0.6) is 0 Å². The third-order valence-electron chi connectivity index (χ3n) is 3.36. The van der Waals surface area contributed by atoms with Crippen LogP contribution in [0, 0.1) is 5.92 Å². The molecule has 0 saturated carbocycles. The van der Waals surface area contributed by atoms with E-state index in [9.17, 15) is 14.4 Å². The number of carbonyl (C=O) groups excluding carboxylic acids is 3. The van der Waals surface area contributed by atoms with Crippen molar-refractivity contribution in [2.75, 3.05) is 13.7 Å². The number of ether oxygens (including phenoxy) is 1. The number of rotatable bonds is 3. The van der Waals surface area contributed by atoms with Crippen LogP contribution in [0.1, 0.15) is 47.5 Å². The average molecular weight is 300 g/mol. The summed E-state index contributed by atoms with van der Waals surface area (Å²) in [5, 5.41) is 2.56. The van der Waals surface area contributed by atoms with Crippen molar-refractivity contribution in [2.24, 2.45) is 5.92 Å². The van der Waals surface area contributed by atoms with Gasteiger partial charge in [-0.1, -0.05) is 27.7 Å². The van der Waals surface area contributed by atoms with Gasteiger partial charge in [0.05, 0.1) is 7.11 Å². The molecule has 122 valence electrons. The molecule has 0 bridgehead atoms. The lowest BCUT2D eigenvalue weighted by Gasteiger charge is -2.36. The predicted octanol–water partition coefficient (Wildman–Crippen LogP) is 1.97. The molecule has 1 saturated heterocycles. The van der Waals surface area contributed by atoms with Crippen LogP contribution in [-0.2, 0) is 14.3 Å². The van der Waals surface area contributed by atoms with Gasteiger partial charge in [-0.3, -0.25) is 9.59 Å². The Balaban J connectivity index is 0.00000191. The highest BCUT2D eigenvalue weighted by molar-refractivity contribution is 5.88. The smallest absolute Gasteiger partial charge is 0.407 e. The van der Waals surface area contributed by atoms with Gasteiger partial charge < -0.3 is 15.0 Å². The standard InChI is InChI=1S/C13H22N2O4.C2H6/c1-8(2)11(14-13(18)19-4)12(17)15-6-5-10(16)7-9(15)3;1-2/h8-9,11H,5-7H2,1-4H3,(H,14,18);1-2H3/t9-,11?;/m1./s1. The SMILES string of the molecule is CC.COC(=O)NC(C(=O)N1CCC(=O)C[C@H]1C)C(C)C. The van der Waals surface area contributed by atoms with Crippen molar-refractivity contribution in [3.05, 3.63) is 0 Å². The number of hydrogen-bond donors (Lipinski definition) is 1. The van der Waals surface area contributed by atoms with Crippen LogP contribution in [0.3, 0.4) is 0 Å². The van der Waals surface area contributed by atoms with Crippen molar-refractivity contribution < 1.29 is 19.1 Å². The van der Waals surface area contributed by atoms with Gasteiger partial charge in [-0.05, 0) is 12.8 Å². The second-order valence-corrected chi connectivity index (χ2v) is 5.23. The molecule has 1 N–H and O–H groups in total. The minimum absolute atomic E-state index is 0.0450. The van der Waals surface area contributed by atoms with Gasteiger partial charge in [0.2, 0.25) is 5.91 Å². The molecule has 21 heavy (non-hydrogen) atoms. The topological polar surface area (TPSA) is 75.7 Å². The summed E-state index contributed by atoms with van der Waals surface area (Å²) in [7, 11) is 1.26.